The lowest BCUT2D eigenvalue weighted by Crippen LogP contribution is -2.30. The fourth-order valence-electron chi connectivity index (χ4n) is 2.79. The summed E-state index contributed by atoms with van der Waals surface area (Å²) in [4.78, 5) is 39.9. The summed E-state index contributed by atoms with van der Waals surface area (Å²) in [6, 6.07) is 4.76. The molecule has 1 aromatic heterocycles. The molecule has 1 atom stereocenters. The standard InChI is InChI=1S/C20H23ClN2O6/c1-6-13-16(19(25)28-5)10(2)17(22-13)20(26)29-11(3)18(24)23-14-9-12(21)7-8-15(14)27-4/h7-9,11,22H,6H2,1-5H3,(H,23,24). The van der Waals surface area contributed by atoms with E-state index in [4.69, 9.17) is 25.8 Å². The number of esters is 2. The van der Waals surface area contributed by atoms with Gasteiger partial charge in [-0.05, 0) is 44.0 Å². The maximum Gasteiger partial charge on any atom is 0.355 e. The number of aromatic amines is 1. The highest BCUT2D eigenvalue weighted by Crippen LogP contribution is 2.28. The number of amides is 1. The summed E-state index contributed by atoms with van der Waals surface area (Å²) in [7, 11) is 2.73. The van der Waals surface area contributed by atoms with Crippen molar-refractivity contribution in [1.29, 1.82) is 0 Å². The lowest BCUT2D eigenvalue weighted by atomic mass is 10.1. The van der Waals surface area contributed by atoms with Crippen LogP contribution in [-0.2, 0) is 20.7 Å². The Hall–Kier alpha value is -3.00. The predicted molar refractivity (Wildman–Crippen MR) is 108 cm³/mol. The lowest BCUT2D eigenvalue weighted by Gasteiger charge is -2.15. The van der Waals surface area contributed by atoms with Gasteiger partial charge in [0.25, 0.3) is 5.91 Å². The van der Waals surface area contributed by atoms with Crippen molar-refractivity contribution in [2.45, 2.75) is 33.3 Å². The second kappa shape index (κ2) is 9.47. The summed E-state index contributed by atoms with van der Waals surface area (Å²) in [5, 5.41) is 3.03. The molecule has 2 N–H and O–H groups in total. The van der Waals surface area contributed by atoms with Crippen LogP contribution in [0.2, 0.25) is 5.02 Å². The first kappa shape index (κ1) is 22.3. The Balaban J connectivity index is 2.17. The van der Waals surface area contributed by atoms with Crippen LogP contribution in [0, 0.1) is 6.92 Å². The van der Waals surface area contributed by atoms with E-state index in [0.717, 1.165) is 0 Å². The van der Waals surface area contributed by atoms with Gasteiger partial charge in [-0.15, -0.1) is 0 Å². The fourth-order valence-corrected chi connectivity index (χ4v) is 2.96. The van der Waals surface area contributed by atoms with Crippen LogP contribution in [0.5, 0.6) is 5.75 Å². The number of hydrogen-bond donors (Lipinski definition) is 2. The molecule has 1 heterocycles. The Labute approximate surface area is 173 Å². The minimum atomic E-state index is -1.11. The molecular weight excluding hydrogens is 400 g/mol. The van der Waals surface area contributed by atoms with E-state index in [9.17, 15) is 14.4 Å². The minimum absolute atomic E-state index is 0.0993. The van der Waals surface area contributed by atoms with Gasteiger partial charge in [0.05, 0.1) is 25.5 Å². The lowest BCUT2D eigenvalue weighted by molar-refractivity contribution is -0.123. The van der Waals surface area contributed by atoms with Crippen molar-refractivity contribution in [3.63, 3.8) is 0 Å². The van der Waals surface area contributed by atoms with Gasteiger partial charge in [0.15, 0.2) is 6.10 Å². The van der Waals surface area contributed by atoms with Crippen LogP contribution < -0.4 is 10.1 Å². The molecule has 9 heteroatoms. The van der Waals surface area contributed by atoms with E-state index in [1.807, 2.05) is 6.92 Å². The summed E-state index contributed by atoms with van der Waals surface area (Å²) in [6.45, 7) is 4.88. The number of benzene rings is 1. The Kier molecular flexibility index (Phi) is 7.28. The molecule has 0 spiro atoms. The number of ether oxygens (including phenoxy) is 3. The van der Waals surface area contributed by atoms with Crippen molar-refractivity contribution in [2.24, 2.45) is 0 Å². The molecule has 1 amide bonds. The van der Waals surface area contributed by atoms with Gasteiger partial charge in [0.2, 0.25) is 0 Å². The van der Waals surface area contributed by atoms with Crippen LogP contribution in [0.25, 0.3) is 0 Å². The zero-order valence-corrected chi connectivity index (χ0v) is 17.6. The number of aromatic nitrogens is 1. The number of anilines is 1. The maximum absolute atomic E-state index is 12.6. The first-order valence-electron chi connectivity index (χ1n) is 8.88. The fraction of sp³-hybridized carbons (Fsp3) is 0.350. The van der Waals surface area contributed by atoms with E-state index in [-0.39, 0.29) is 5.69 Å². The molecule has 156 valence electrons. The number of aryl methyl sites for hydroxylation is 1. The molecule has 0 saturated carbocycles. The molecule has 2 rings (SSSR count). The highest BCUT2D eigenvalue weighted by molar-refractivity contribution is 6.31. The summed E-state index contributed by atoms with van der Waals surface area (Å²) < 4.78 is 15.2. The molecular formula is C20H23ClN2O6. The van der Waals surface area contributed by atoms with Crippen molar-refractivity contribution >= 4 is 35.1 Å². The van der Waals surface area contributed by atoms with Crippen molar-refractivity contribution in [1.82, 2.24) is 4.98 Å². The van der Waals surface area contributed by atoms with Crippen molar-refractivity contribution in [3.05, 3.63) is 45.7 Å². The monoisotopic (exact) mass is 422 g/mol. The molecule has 29 heavy (non-hydrogen) atoms. The van der Waals surface area contributed by atoms with Crippen LogP contribution in [0.3, 0.4) is 0 Å². The number of hydrogen-bond acceptors (Lipinski definition) is 6. The Morgan fingerprint density at radius 2 is 1.90 bits per heavy atom. The summed E-state index contributed by atoms with van der Waals surface area (Å²) >= 11 is 5.95. The first-order chi connectivity index (χ1) is 13.7. The van der Waals surface area contributed by atoms with Crippen molar-refractivity contribution < 1.29 is 28.6 Å². The Morgan fingerprint density at radius 3 is 2.48 bits per heavy atom. The normalized spacial score (nSPS) is 11.5. The molecule has 1 aromatic carbocycles. The largest absolute Gasteiger partial charge is 0.495 e. The van der Waals surface area contributed by atoms with Crippen LogP contribution in [-0.4, -0.2) is 43.2 Å². The molecule has 0 aliphatic carbocycles. The van der Waals surface area contributed by atoms with Gasteiger partial charge >= 0.3 is 11.9 Å². The average Bonchev–Trinajstić information content (AvgIpc) is 3.03. The number of nitrogens with one attached hydrogen (secondary N) is 2. The van der Waals surface area contributed by atoms with Gasteiger partial charge in [-0.25, -0.2) is 9.59 Å². The maximum atomic E-state index is 12.6. The van der Waals surface area contributed by atoms with Crippen molar-refractivity contribution in [3.8, 4) is 5.75 Å². The second-order valence-corrected chi connectivity index (χ2v) is 6.64. The third-order valence-electron chi connectivity index (χ3n) is 4.35. The van der Waals surface area contributed by atoms with E-state index in [2.05, 4.69) is 10.3 Å². The molecule has 0 fully saturated rings. The third kappa shape index (κ3) is 4.89. The summed E-state index contributed by atoms with van der Waals surface area (Å²) in [5.41, 5.74) is 1.71. The molecule has 0 saturated heterocycles. The highest BCUT2D eigenvalue weighted by atomic mass is 35.5. The summed E-state index contributed by atoms with van der Waals surface area (Å²) in [6.07, 6.45) is -0.621. The molecule has 0 aliphatic heterocycles. The van der Waals surface area contributed by atoms with Crippen LogP contribution >= 0.6 is 11.6 Å². The molecule has 0 radical (unpaired) electrons. The molecule has 2 aromatic rings. The summed E-state index contributed by atoms with van der Waals surface area (Å²) in [5.74, 6) is -1.45. The Bertz CT molecular complexity index is 937. The number of halogens is 1. The van der Waals surface area contributed by atoms with E-state index in [0.29, 0.717) is 39.7 Å². The quantitative estimate of drug-likeness (QED) is 0.661. The molecule has 1 unspecified atom stereocenters. The average molecular weight is 423 g/mol. The zero-order chi connectivity index (χ0) is 21.7. The van der Waals surface area contributed by atoms with Crippen LogP contribution in [0.1, 0.15) is 46.0 Å². The van der Waals surface area contributed by atoms with Gasteiger partial charge in [-0.2, -0.15) is 0 Å². The Morgan fingerprint density at radius 1 is 1.21 bits per heavy atom. The van der Waals surface area contributed by atoms with Gasteiger partial charge in [0.1, 0.15) is 11.4 Å². The SMILES string of the molecule is CCc1[nH]c(C(=O)OC(C)C(=O)Nc2cc(Cl)ccc2OC)c(C)c1C(=O)OC. The third-order valence-corrected chi connectivity index (χ3v) is 4.58. The van der Waals surface area contributed by atoms with Crippen LogP contribution in [0.15, 0.2) is 18.2 Å². The second-order valence-electron chi connectivity index (χ2n) is 6.21. The van der Waals surface area contributed by atoms with Gasteiger partial charge in [-0.1, -0.05) is 18.5 Å². The van der Waals surface area contributed by atoms with Gasteiger partial charge < -0.3 is 24.5 Å². The molecule has 0 bridgehead atoms. The van der Waals surface area contributed by atoms with E-state index >= 15 is 0 Å². The first-order valence-corrected chi connectivity index (χ1v) is 9.26. The van der Waals surface area contributed by atoms with E-state index < -0.39 is 23.9 Å². The number of rotatable bonds is 7. The zero-order valence-electron chi connectivity index (χ0n) is 16.8. The highest BCUT2D eigenvalue weighted by Gasteiger charge is 2.27. The smallest absolute Gasteiger partial charge is 0.355 e. The van der Waals surface area contributed by atoms with Gasteiger partial charge in [0, 0.05) is 10.7 Å². The van der Waals surface area contributed by atoms with Gasteiger partial charge in [-0.3, -0.25) is 4.79 Å². The van der Waals surface area contributed by atoms with E-state index in [1.54, 1.807) is 19.1 Å². The number of methoxy groups -OCH3 is 2. The number of carbonyl (C=O) groups is 3. The van der Waals surface area contributed by atoms with Crippen molar-refractivity contribution in [2.75, 3.05) is 19.5 Å². The number of H-pyrrole nitrogens is 1. The minimum Gasteiger partial charge on any atom is -0.495 e. The van der Waals surface area contributed by atoms with E-state index in [1.165, 1.54) is 27.2 Å². The van der Waals surface area contributed by atoms with Crippen LogP contribution in [0.4, 0.5) is 5.69 Å². The molecule has 0 aliphatic rings. The topological polar surface area (TPSA) is 107 Å². The predicted octanol–water partition coefficient (Wildman–Crippen LogP) is 3.52. The molecule has 8 nitrogen and oxygen atoms in total. The number of carbonyl (C=O) groups excluding carboxylic acids is 3.